The largest absolute Gasteiger partial charge is 0.504 e. The maximum Gasteiger partial charge on any atom is 0.177 e. The van der Waals surface area contributed by atoms with E-state index in [0.717, 1.165) is 11.8 Å². The van der Waals surface area contributed by atoms with Crippen molar-refractivity contribution in [2.24, 2.45) is 0 Å². The number of quaternary nitrogens is 1. The Balaban J connectivity index is 2.79. The van der Waals surface area contributed by atoms with Crippen LogP contribution in [0, 0.1) is 0 Å². The van der Waals surface area contributed by atoms with Crippen molar-refractivity contribution in [1.82, 2.24) is 0 Å². The molecule has 0 bridgehead atoms. The highest BCUT2D eigenvalue weighted by atomic mass is 16.3. The molecule has 1 aromatic rings. The Morgan fingerprint density at radius 1 is 1.38 bits per heavy atom. The average Bonchev–Trinajstić information content (AvgIpc) is 2.11. The van der Waals surface area contributed by atoms with Crippen molar-refractivity contribution in [3.05, 3.63) is 23.8 Å². The quantitative estimate of drug-likeness (QED) is 0.433. The van der Waals surface area contributed by atoms with Gasteiger partial charge in [-0.05, 0) is 17.7 Å². The van der Waals surface area contributed by atoms with Crippen molar-refractivity contribution in [3.63, 3.8) is 0 Å². The zero-order valence-electron chi connectivity index (χ0n) is 7.10. The fraction of sp³-hybridized carbons (Fsp3) is 0.222. The second-order valence-corrected chi connectivity index (χ2v) is 2.92. The number of benzene rings is 1. The molecule has 0 fully saturated rings. The van der Waals surface area contributed by atoms with Crippen molar-refractivity contribution in [2.45, 2.75) is 12.5 Å². The molecule has 0 aliphatic rings. The van der Waals surface area contributed by atoms with Crippen LogP contribution in [0.1, 0.15) is 5.56 Å². The van der Waals surface area contributed by atoms with E-state index in [2.05, 4.69) is 5.73 Å². The lowest BCUT2D eigenvalue weighted by molar-refractivity contribution is -0.399. The number of carbonyl (C=O) groups is 1. The Bertz CT molecular complexity index is 312. The van der Waals surface area contributed by atoms with Gasteiger partial charge in [-0.15, -0.1) is 0 Å². The Morgan fingerprint density at radius 2 is 2.08 bits per heavy atom. The van der Waals surface area contributed by atoms with Crippen molar-refractivity contribution in [3.8, 4) is 11.5 Å². The molecule has 0 saturated carbocycles. The molecular weight excluding hydrogens is 170 g/mol. The van der Waals surface area contributed by atoms with Gasteiger partial charge in [0.2, 0.25) is 0 Å². The van der Waals surface area contributed by atoms with Crippen LogP contribution in [-0.4, -0.2) is 22.5 Å². The molecule has 0 aromatic heterocycles. The topological polar surface area (TPSA) is 85.2 Å². The molecule has 0 amide bonds. The van der Waals surface area contributed by atoms with Gasteiger partial charge in [-0.2, -0.15) is 0 Å². The summed E-state index contributed by atoms with van der Waals surface area (Å²) in [4.78, 5) is 10.3. The molecule has 0 spiro atoms. The van der Waals surface area contributed by atoms with E-state index in [0.29, 0.717) is 6.42 Å². The first-order valence-electron chi connectivity index (χ1n) is 3.92. The molecule has 0 aliphatic heterocycles. The number of rotatable bonds is 3. The fourth-order valence-corrected chi connectivity index (χ4v) is 1.05. The van der Waals surface area contributed by atoms with Gasteiger partial charge in [0.1, 0.15) is 6.04 Å². The van der Waals surface area contributed by atoms with Gasteiger partial charge < -0.3 is 15.9 Å². The molecule has 4 nitrogen and oxygen atoms in total. The summed E-state index contributed by atoms with van der Waals surface area (Å²) in [6.45, 7) is 0. The molecule has 4 heteroatoms. The maximum absolute atomic E-state index is 10.3. The second kappa shape index (κ2) is 3.91. The number of hydrogen-bond donors (Lipinski definition) is 3. The first-order valence-corrected chi connectivity index (χ1v) is 3.92. The first-order chi connectivity index (χ1) is 6.13. The first kappa shape index (κ1) is 9.54. The zero-order chi connectivity index (χ0) is 9.84. The van der Waals surface area contributed by atoms with Gasteiger partial charge >= 0.3 is 0 Å². The van der Waals surface area contributed by atoms with Gasteiger partial charge in [-0.1, -0.05) is 6.07 Å². The molecule has 1 rings (SSSR count). The summed E-state index contributed by atoms with van der Waals surface area (Å²) in [7, 11) is 0. The van der Waals surface area contributed by atoms with Gasteiger partial charge in [0, 0.05) is 6.42 Å². The third-order valence-corrected chi connectivity index (χ3v) is 1.73. The van der Waals surface area contributed by atoms with E-state index in [1.54, 1.807) is 6.07 Å². The lowest BCUT2D eigenvalue weighted by Crippen LogP contribution is -2.62. The van der Waals surface area contributed by atoms with Gasteiger partial charge in [0.05, 0.1) is 0 Å². The molecule has 0 saturated heterocycles. The van der Waals surface area contributed by atoms with Crippen LogP contribution in [0.15, 0.2) is 18.2 Å². The minimum atomic E-state index is -0.316. The lowest BCUT2D eigenvalue weighted by atomic mass is 10.1. The number of aromatic hydroxyl groups is 2. The van der Waals surface area contributed by atoms with Crippen LogP contribution in [-0.2, 0) is 11.2 Å². The van der Waals surface area contributed by atoms with Crippen LogP contribution >= 0.6 is 0 Å². The fourth-order valence-electron chi connectivity index (χ4n) is 1.05. The molecule has 0 heterocycles. The number of phenolic OH excluding ortho intramolecular Hbond substituents is 2. The van der Waals surface area contributed by atoms with Crippen LogP contribution in [0.5, 0.6) is 11.5 Å². The van der Waals surface area contributed by atoms with E-state index in [4.69, 9.17) is 10.2 Å². The Morgan fingerprint density at radius 3 is 2.62 bits per heavy atom. The Kier molecular flexibility index (Phi) is 2.87. The highest BCUT2D eigenvalue weighted by Gasteiger charge is 2.07. The number of phenols is 2. The molecular formula is C9H12NO3+. The minimum Gasteiger partial charge on any atom is -0.504 e. The molecule has 70 valence electrons. The second-order valence-electron chi connectivity index (χ2n) is 2.92. The van der Waals surface area contributed by atoms with Crippen molar-refractivity contribution < 1.29 is 20.7 Å². The average molecular weight is 182 g/mol. The molecule has 0 aliphatic carbocycles. The van der Waals surface area contributed by atoms with Crippen molar-refractivity contribution in [2.75, 3.05) is 0 Å². The van der Waals surface area contributed by atoms with Crippen LogP contribution in [0.3, 0.4) is 0 Å². The van der Waals surface area contributed by atoms with E-state index >= 15 is 0 Å². The highest BCUT2D eigenvalue weighted by molar-refractivity contribution is 5.56. The zero-order valence-corrected chi connectivity index (χ0v) is 7.10. The summed E-state index contributed by atoms with van der Waals surface area (Å²) in [5.74, 6) is -0.328. The van der Waals surface area contributed by atoms with Crippen molar-refractivity contribution in [1.29, 1.82) is 0 Å². The molecule has 1 atom stereocenters. The van der Waals surface area contributed by atoms with Gasteiger partial charge in [-0.3, -0.25) is 4.79 Å². The SMILES string of the molecule is [NH3+]C(C=O)Cc1ccc(O)c(O)c1. The predicted octanol–water partition coefficient (Wildman–Crippen LogP) is -0.550. The van der Waals surface area contributed by atoms with Crippen molar-refractivity contribution >= 4 is 6.29 Å². The van der Waals surface area contributed by atoms with E-state index < -0.39 is 0 Å². The molecule has 0 radical (unpaired) electrons. The monoisotopic (exact) mass is 182 g/mol. The number of aldehydes is 1. The summed E-state index contributed by atoms with van der Waals surface area (Å²) in [5, 5.41) is 18.1. The molecule has 13 heavy (non-hydrogen) atoms. The summed E-state index contributed by atoms with van der Waals surface area (Å²) in [6.07, 6.45) is 1.22. The standard InChI is InChI=1S/C9H11NO3/c10-7(5-11)3-6-1-2-8(12)9(13)4-6/h1-2,4-5,7,12-13H,3,10H2/p+1. The van der Waals surface area contributed by atoms with Gasteiger partial charge in [-0.25, -0.2) is 0 Å². The van der Waals surface area contributed by atoms with Gasteiger partial charge in [0.15, 0.2) is 17.8 Å². The van der Waals surface area contributed by atoms with Crippen LogP contribution in [0.2, 0.25) is 0 Å². The molecule has 1 unspecified atom stereocenters. The predicted molar refractivity (Wildman–Crippen MR) is 46.2 cm³/mol. The smallest absolute Gasteiger partial charge is 0.177 e. The molecule has 5 N–H and O–H groups in total. The summed E-state index contributed by atoms with van der Waals surface area (Å²) < 4.78 is 0. The highest BCUT2D eigenvalue weighted by Crippen LogP contribution is 2.24. The van der Waals surface area contributed by atoms with E-state index in [9.17, 15) is 4.79 Å². The maximum atomic E-state index is 10.3. The Labute approximate surface area is 75.6 Å². The number of hydrogen-bond acceptors (Lipinski definition) is 3. The van der Waals surface area contributed by atoms with Gasteiger partial charge in [0.25, 0.3) is 0 Å². The summed E-state index contributed by atoms with van der Waals surface area (Å²) in [6, 6.07) is 4.15. The summed E-state index contributed by atoms with van der Waals surface area (Å²) >= 11 is 0. The van der Waals surface area contributed by atoms with E-state index in [1.807, 2.05) is 0 Å². The summed E-state index contributed by atoms with van der Waals surface area (Å²) in [5.41, 5.74) is 4.37. The Hall–Kier alpha value is -1.55. The lowest BCUT2D eigenvalue weighted by Gasteiger charge is -2.03. The third kappa shape index (κ3) is 2.45. The molecule has 1 aromatic carbocycles. The third-order valence-electron chi connectivity index (χ3n) is 1.73. The van der Waals surface area contributed by atoms with Crippen LogP contribution in [0.4, 0.5) is 0 Å². The van der Waals surface area contributed by atoms with Crippen LogP contribution < -0.4 is 5.73 Å². The van der Waals surface area contributed by atoms with E-state index in [-0.39, 0.29) is 17.5 Å². The van der Waals surface area contributed by atoms with E-state index in [1.165, 1.54) is 12.1 Å². The normalized spacial score (nSPS) is 12.4. The minimum absolute atomic E-state index is 0.157. The van der Waals surface area contributed by atoms with Crippen LogP contribution in [0.25, 0.3) is 0 Å². The number of carbonyl (C=O) groups excluding carboxylic acids is 1.